The van der Waals surface area contributed by atoms with E-state index in [1.807, 2.05) is 24.3 Å². The van der Waals surface area contributed by atoms with E-state index in [4.69, 9.17) is 4.74 Å². The Morgan fingerprint density at radius 1 is 0.943 bits per heavy atom. The molecular formula is C24H16Br3N3O5. The number of hydrogen-bond acceptors (Lipinski definition) is 5. The Kier molecular flexibility index (Phi) is 7.68. The fraction of sp³-hybridized carbons (Fsp3) is 0.0833. The second-order valence-electron chi connectivity index (χ2n) is 7.53. The number of halogens is 3. The molecule has 1 aliphatic rings. The molecule has 1 saturated heterocycles. The van der Waals surface area contributed by atoms with Crippen LogP contribution >= 0.6 is 47.8 Å². The highest BCUT2D eigenvalue weighted by atomic mass is 79.9. The summed E-state index contributed by atoms with van der Waals surface area (Å²) in [5.74, 6) is 0.118. The standard InChI is InChI=1S/C24H16Br3N3O5/c25-17-5-1-14(2-6-17)12-29-23(31)21(28-24(29)32)11-16-9-19(26)22(20(27)10-16)35-13-15-3-7-18(8-4-15)30(33)34/h1-11H,12-13H2,(H,28,32)/b21-11+. The molecule has 0 atom stereocenters. The van der Waals surface area contributed by atoms with Crippen LogP contribution < -0.4 is 10.1 Å². The number of imide groups is 1. The predicted molar refractivity (Wildman–Crippen MR) is 140 cm³/mol. The second-order valence-corrected chi connectivity index (χ2v) is 10.2. The zero-order valence-electron chi connectivity index (χ0n) is 17.8. The van der Waals surface area contributed by atoms with Crippen molar-refractivity contribution in [2.75, 3.05) is 0 Å². The molecule has 0 unspecified atom stereocenters. The van der Waals surface area contributed by atoms with Gasteiger partial charge in [-0.05, 0) is 91.0 Å². The van der Waals surface area contributed by atoms with E-state index in [-0.39, 0.29) is 24.5 Å². The molecule has 1 aliphatic heterocycles. The molecule has 0 saturated carbocycles. The van der Waals surface area contributed by atoms with Gasteiger partial charge in [0.15, 0.2) is 0 Å². The molecule has 0 aromatic heterocycles. The summed E-state index contributed by atoms with van der Waals surface area (Å²) in [6, 6.07) is 16.5. The number of ether oxygens (including phenoxy) is 1. The van der Waals surface area contributed by atoms with Gasteiger partial charge in [-0.2, -0.15) is 0 Å². The smallest absolute Gasteiger partial charge is 0.329 e. The Labute approximate surface area is 225 Å². The van der Waals surface area contributed by atoms with Gasteiger partial charge in [0.2, 0.25) is 0 Å². The molecule has 0 bridgehead atoms. The minimum Gasteiger partial charge on any atom is -0.487 e. The van der Waals surface area contributed by atoms with Gasteiger partial charge in [0.05, 0.1) is 20.4 Å². The van der Waals surface area contributed by atoms with Crippen LogP contribution in [0.4, 0.5) is 10.5 Å². The zero-order valence-corrected chi connectivity index (χ0v) is 22.6. The number of urea groups is 1. The van der Waals surface area contributed by atoms with Gasteiger partial charge in [-0.25, -0.2) is 4.79 Å². The Balaban J connectivity index is 1.47. The van der Waals surface area contributed by atoms with Crippen LogP contribution in [-0.2, 0) is 17.9 Å². The number of non-ortho nitro benzene ring substituents is 1. The van der Waals surface area contributed by atoms with E-state index in [0.29, 0.717) is 20.3 Å². The number of amides is 3. The van der Waals surface area contributed by atoms with E-state index in [2.05, 4.69) is 53.1 Å². The molecule has 0 radical (unpaired) electrons. The van der Waals surface area contributed by atoms with Crippen LogP contribution in [0, 0.1) is 10.1 Å². The highest BCUT2D eigenvalue weighted by molar-refractivity contribution is 9.11. The van der Waals surface area contributed by atoms with Gasteiger partial charge >= 0.3 is 6.03 Å². The lowest BCUT2D eigenvalue weighted by Gasteiger charge is -2.12. The second kappa shape index (κ2) is 10.7. The molecule has 1 fully saturated rings. The monoisotopic (exact) mass is 663 g/mol. The first-order valence-corrected chi connectivity index (χ1v) is 12.5. The Hall–Kier alpha value is -3.02. The molecule has 1 heterocycles. The van der Waals surface area contributed by atoms with Crippen molar-refractivity contribution in [2.24, 2.45) is 0 Å². The minimum absolute atomic E-state index is 0.0115. The van der Waals surface area contributed by atoms with Crippen LogP contribution in [0.3, 0.4) is 0 Å². The normalized spacial score (nSPS) is 14.4. The summed E-state index contributed by atoms with van der Waals surface area (Å²) in [6.45, 7) is 0.368. The Morgan fingerprint density at radius 2 is 1.54 bits per heavy atom. The van der Waals surface area contributed by atoms with Crippen molar-refractivity contribution >= 4 is 71.5 Å². The molecule has 3 aromatic rings. The Bertz CT molecular complexity index is 1320. The third kappa shape index (κ3) is 5.98. The predicted octanol–water partition coefficient (Wildman–Crippen LogP) is 6.55. The molecular weight excluding hydrogens is 650 g/mol. The van der Waals surface area contributed by atoms with Crippen molar-refractivity contribution in [3.8, 4) is 5.75 Å². The summed E-state index contributed by atoms with van der Waals surface area (Å²) in [4.78, 5) is 36.7. The van der Waals surface area contributed by atoms with E-state index in [9.17, 15) is 19.7 Å². The number of nitrogens with one attached hydrogen (secondary N) is 1. The molecule has 11 heteroatoms. The quantitative estimate of drug-likeness (QED) is 0.133. The molecule has 35 heavy (non-hydrogen) atoms. The highest BCUT2D eigenvalue weighted by Crippen LogP contribution is 2.36. The summed E-state index contributed by atoms with van der Waals surface area (Å²) in [7, 11) is 0. The summed E-state index contributed by atoms with van der Waals surface area (Å²) >= 11 is 10.3. The van der Waals surface area contributed by atoms with Crippen LogP contribution in [0.25, 0.3) is 6.08 Å². The van der Waals surface area contributed by atoms with Gasteiger partial charge in [0.1, 0.15) is 18.1 Å². The first-order valence-electron chi connectivity index (χ1n) is 10.2. The van der Waals surface area contributed by atoms with Crippen molar-refractivity contribution < 1.29 is 19.2 Å². The maximum atomic E-state index is 12.8. The summed E-state index contributed by atoms with van der Waals surface area (Å²) in [5.41, 5.74) is 2.45. The van der Waals surface area contributed by atoms with E-state index in [1.54, 1.807) is 30.3 Å². The van der Waals surface area contributed by atoms with Crippen molar-refractivity contribution in [3.63, 3.8) is 0 Å². The maximum Gasteiger partial charge on any atom is 0.329 e. The number of benzene rings is 3. The molecule has 178 valence electrons. The first-order chi connectivity index (χ1) is 16.7. The molecule has 1 N–H and O–H groups in total. The number of nitro groups is 1. The summed E-state index contributed by atoms with van der Waals surface area (Å²) < 4.78 is 8.05. The maximum absolute atomic E-state index is 12.8. The topological polar surface area (TPSA) is 102 Å². The number of rotatable bonds is 7. The van der Waals surface area contributed by atoms with Gasteiger partial charge in [-0.3, -0.25) is 19.8 Å². The average Bonchev–Trinajstić information content (AvgIpc) is 3.07. The number of nitrogens with zero attached hydrogens (tertiary/aromatic N) is 2. The number of nitro benzene ring substituents is 1. The lowest BCUT2D eigenvalue weighted by molar-refractivity contribution is -0.384. The summed E-state index contributed by atoms with van der Waals surface area (Å²) in [6.07, 6.45) is 1.59. The van der Waals surface area contributed by atoms with Crippen molar-refractivity contribution in [1.29, 1.82) is 0 Å². The van der Waals surface area contributed by atoms with Crippen molar-refractivity contribution in [2.45, 2.75) is 13.2 Å². The van der Waals surface area contributed by atoms with Gasteiger partial charge in [0.25, 0.3) is 11.6 Å². The third-order valence-corrected chi connectivity index (χ3v) is 6.78. The largest absolute Gasteiger partial charge is 0.487 e. The molecule has 3 aromatic carbocycles. The van der Waals surface area contributed by atoms with Crippen LogP contribution in [0.15, 0.2) is 79.8 Å². The summed E-state index contributed by atoms with van der Waals surface area (Å²) in [5, 5.41) is 13.4. The van der Waals surface area contributed by atoms with Crippen molar-refractivity contribution in [3.05, 3.63) is 107 Å². The fourth-order valence-corrected chi connectivity index (χ4v) is 5.04. The number of carbonyl (C=O) groups is 2. The SMILES string of the molecule is O=C1N/C(=C/c2cc(Br)c(OCc3ccc([N+](=O)[O-])cc3)c(Br)c2)C(=O)N1Cc1ccc(Br)cc1. The molecule has 0 spiro atoms. The van der Waals surface area contributed by atoms with Gasteiger partial charge < -0.3 is 10.1 Å². The zero-order chi connectivity index (χ0) is 25.1. The third-order valence-electron chi connectivity index (χ3n) is 5.08. The van der Waals surface area contributed by atoms with Gasteiger partial charge in [-0.15, -0.1) is 0 Å². The fourth-order valence-electron chi connectivity index (χ4n) is 3.32. The average molecular weight is 666 g/mol. The first kappa shape index (κ1) is 25.1. The molecule has 0 aliphatic carbocycles. The molecule has 4 rings (SSSR count). The van der Waals surface area contributed by atoms with Crippen LogP contribution in [0.2, 0.25) is 0 Å². The van der Waals surface area contributed by atoms with Gasteiger partial charge in [0, 0.05) is 16.6 Å². The van der Waals surface area contributed by atoms with E-state index < -0.39 is 16.9 Å². The number of hydrogen-bond donors (Lipinski definition) is 1. The minimum atomic E-state index is -0.481. The highest BCUT2D eigenvalue weighted by Gasteiger charge is 2.33. The van der Waals surface area contributed by atoms with E-state index >= 15 is 0 Å². The van der Waals surface area contributed by atoms with Crippen molar-refractivity contribution in [1.82, 2.24) is 10.2 Å². The van der Waals surface area contributed by atoms with Crippen LogP contribution in [0.1, 0.15) is 16.7 Å². The lowest BCUT2D eigenvalue weighted by atomic mass is 10.1. The molecule has 3 amide bonds. The Morgan fingerprint density at radius 3 is 2.14 bits per heavy atom. The van der Waals surface area contributed by atoms with Crippen LogP contribution in [-0.4, -0.2) is 21.8 Å². The lowest BCUT2D eigenvalue weighted by Crippen LogP contribution is -2.30. The molecule has 8 nitrogen and oxygen atoms in total. The van der Waals surface area contributed by atoms with Crippen LogP contribution in [0.5, 0.6) is 5.75 Å². The van der Waals surface area contributed by atoms with E-state index in [1.165, 1.54) is 12.1 Å². The number of carbonyl (C=O) groups excluding carboxylic acids is 2. The van der Waals surface area contributed by atoms with E-state index in [0.717, 1.165) is 20.5 Å². The van der Waals surface area contributed by atoms with Gasteiger partial charge in [-0.1, -0.05) is 28.1 Å².